The largest absolute Gasteiger partial charge is 0.493 e. The lowest BCUT2D eigenvalue weighted by atomic mass is 9.66. The van der Waals surface area contributed by atoms with Crippen molar-refractivity contribution in [1.29, 1.82) is 0 Å². The topological polar surface area (TPSA) is 89.9 Å². The Morgan fingerprint density at radius 1 is 0.851 bits per heavy atom. The molecular weight excluding hydrogens is 594 g/mol. The number of hydrogen-bond donors (Lipinski definition) is 0. The van der Waals surface area contributed by atoms with Gasteiger partial charge in [-0.25, -0.2) is 9.79 Å². The number of hydrogen-bond acceptors (Lipinski definition) is 8. The van der Waals surface area contributed by atoms with Crippen molar-refractivity contribution < 1.29 is 28.5 Å². The van der Waals surface area contributed by atoms with Crippen molar-refractivity contribution in [3.05, 3.63) is 119 Å². The molecule has 2 spiro atoms. The second-order valence-corrected chi connectivity index (χ2v) is 12.4. The highest BCUT2D eigenvalue weighted by molar-refractivity contribution is 6.18. The van der Waals surface area contributed by atoms with Crippen LogP contribution in [0.2, 0.25) is 0 Å². The third-order valence-corrected chi connectivity index (χ3v) is 10.3. The molecule has 0 saturated carbocycles. The molecule has 2 fully saturated rings. The molecule has 8 rings (SSSR count). The van der Waals surface area contributed by atoms with Crippen LogP contribution in [0, 0.1) is 0 Å². The Kier molecular flexibility index (Phi) is 6.84. The zero-order valence-corrected chi connectivity index (χ0v) is 26.5. The molecule has 0 bridgehead atoms. The van der Waals surface area contributed by atoms with Gasteiger partial charge in [-0.1, -0.05) is 66.7 Å². The molecule has 1 amide bonds. The van der Waals surface area contributed by atoms with Gasteiger partial charge >= 0.3 is 5.97 Å². The second kappa shape index (κ2) is 11.0. The minimum Gasteiger partial charge on any atom is -0.493 e. The summed E-state index contributed by atoms with van der Waals surface area (Å²) in [5.74, 6) is 0.271. The molecule has 4 aliphatic heterocycles. The van der Waals surface area contributed by atoms with Crippen molar-refractivity contribution in [2.45, 2.75) is 42.4 Å². The Morgan fingerprint density at radius 3 is 2.19 bits per heavy atom. The van der Waals surface area contributed by atoms with E-state index in [1.807, 2.05) is 102 Å². The van der Waals surface area contributed by atoms with Crippen LogP contribution in [0.15, 0.2) is 102 Å². The standard InChI is InChI=1S/C38H35N3O6/c1-44-30-21-26(22-31(45-2)33(30)46-3)32-29-19-12-20-41(29)38(37(32)36(43)47-34(39-37)25-15-8-5-9-16-25)27-17-10-11-18-28(27)40(35(38)42)23-24-13-6-4-7-14-24/h4-11,13-18,21-22,29,32H,12,19-20,23H2,1-3H3/t29-,32-,37+,38-/m1/s1. The predicted molar refractivity (Wildman–Crippen MR) is 176 cm³/mol. The summed E-state index contributed by atoms with van der Waals surface area (Å²) in [6, 6.07) is 30.7. The molecule has 4 aromatic carbocycles. The summed E-state index contributed by atoms with van der Waals surface area (Å²) in [5.41, 5.74) is 0.829. The summed E-state index contributed by atoms with van der Waals surface area (Å²) in [5, 5.41) is 0. The van der Waals surface area contributed by atoms with Gasteiger partial charge in [-0.05, 0) is 60.8 Å². The normalized spacial score (nSPS) is 26.0. The highest BCUT2D eigenvalue weighted by Gasteiger charge is 2.81. The number of nitrogens with zero attached hydrogens (tertiary/aromatic N) is 3. The van der Waals surface area contributed by atoms with E-state index in [1.54, 1.807) is 21.3 Å². The smallest absolute Gasteiger partial charge is 0.344 e. The van der Waals surface area contributed by atoms with E-state index in [4.69, 9.17) is 23.9 Å². The Labute approximate surface area is 273 Å². The van der Waals surface area contributed by atoms with Crippen molar-refractivity contribution in [1.82, 2.24) is 4.90 Å². The van der Waals surface area contributed by atoms with E-state index in [2.05, 4.69) is 4.90 Å². The van der Waals surface area contributed by atoms with E-state index in [1.165, 1.54) is 0 Å². The van der Waals surface area contributed by atoms with Crippen LogP contribution in [0.25, 0.3) is 0 Å². The van der Waals surface area contributed by atoms with Gasteiger partial charge < -0.3 is 23.8 Å². The van der Waals surface area contributed by atoms with Gasteiger partial charge in [0.15, 0.2) is 17.0 Å². The maximum absolute atomic E-state index is 15.5. The fourth-order valence-electron chi connectivity index (χ4n) is 8.55. The number of esters is 1. The van der Waals surface area contributed by atoms with Crippen LogP contribution < -0.4 is 19.1 Å². The van der Waals surface area contributed by atoms with Crippen molar-refractivity contribution in [3.63, 3.8) is 0 Å². The number of ether oxygens (including phenoxy) is 4. The summed E-state index contributed by atoms with van der Waals surface area (Å²) < 4.78 is 23.4. The number of amides is 1. The molecular formula is C38H35N3O6. The van der Waals surface area contributed by atoms with Crippen LogP contribution >= 0.6 is 0 Å². The highest BCUT2D eigenvalue weighted by atomic mass is 16.6. The molecule has 9 heteroatoms. The Hall–Kier alpha value is -5.15. The summed E-state index contributed by atoms with van der Waals surface area (Å²) in [6.07, 6.45) is 1.63. The number of carbonyl (C=O) groups is 2. The second-order valence-electron chi connectivity index (χ2n) is 12.4. The molecule has 47 heavy (non-hydrogen) atoms. The lowest BCUT2D eigenvalue weighted by Crippen LogP contribution is -2.63. The average Bonchev–Trinajstić information content (AvgIpc) is 3.84. The first-order valence-corrected chi connectivity index (χ1v) is 15.9. The van der Waals surface area contributed by atoms with Gasteiger partial charge in [-0.2, -0.15) is 0 Å². The third kappa shape index (κ3) is 3.89. The average molecular weight is 630 g/mol. The van der Waals surface area contributed by atoms with E-state index in [-0.39, 0.29) is 17.8 Å². The van der Waals surface area contributed by atoms with Crippen molar-refractivity contribution in [2.24, 2.45) is 4.99 Å². The van der Waals surface area contributed by atoms with E-state index < -0.39 is 23.0 Å². The lowest BCUT2D eigenvalue weighted by molar-refractivity contribution is -0.148. The van der Waals surface area contributed by atoms with Gasteiger partial charge in [0.1, 0.15) is 0 Å². The quantitative estimate of drug-likeness (QED) is 0.251. The molecule has 0 unspecified atom stereocenters. The molecule has 4 atom stereocenters. The molecule has 2 saturated heterocycles. The fraction of sp³-hybridized carbons (Fsp3) is 0.289. The summed E-state index contributed by atoms with van der Waals surface area (Å²) in [4.78, 5) is 39.9. The Bertz CT molecular complexity index is 1890. The fourth-order valence-corrected chi connectivity index (χ4v) is 8.55. The van der Waals surface area contributed by atoms with Crippen molar-refractivity contribution in [2.75, 3.05) is 32.8 Å². The number of carbonyl (C=O) groups excluding carboxylic acids is 2. The zero-order valence-electron chi connectivity index (χ0n) is 26.5. The number of rotatable bonds is 7. The van der Waals surface area contributed by atoms with Gasteiger partial charge in [0, 0.05) is 28.8 Å². The highest BCUT2D eigenvalue weighted by Crippen LogP contribution is 2.67. The van der Waals surface area contributed by atoms with Gasteiger partial charge in [-0.3, -0.25) is 9.69 Å². The van der Waals surface area contributed by atoms with Gasteiger partial charge in [0.2, 0.25) is 17.2 Å². The first-order chi connectivity index (χ1) is 23.0. The molecule has 0 N–H and O–H groups in total. The molecule has 0 aliphatic carbocycles. The lowest BCUT2D eigenvalue weighted by Gasteiger charge is -2.41. The monoisotopic (exact) mass is 629 g/mol. The van der Waals surface area contributed by atoms with Gasteiger partial charge in [0.05, 0.1) is 27.9 Å². The molecule has 238 valence electrons. The molecule has 4 aromatic rings. The van der Waals surface area contributed by atoms with Crippen LogP contribution in [0.5, 0.6) is 17.2 Å². The molecule has 4 aliphatic rings. The number of fused-ring (bicyclic) bond motifs is 5. The van der Waals surface area contributed by atoms with Gasteiger partial charge in [-0.15, -0.1) is 0 Å². The maximum Gasteiger partial charge on any atom is 0.344 e. The first kappa shape index (κ1) is 29.3. The number of para-hydroxylation sites is 1. The van der Waals surface area contributed by atoms with Crippen LogP contribution in [-0.2, 0) is 26.4 Å². The molecule has 9 nitrogen and oxygen atoms in total. The van der Waals surface area contributed by atoms with Crippen LogP contribution in [-0.4, -0.2) is 62.1 Å². The molecule has 0 aromatic heterocycles. The first-order valence-electron chi connectivity index (χ1n) is 15.9. The van der Waals surface area contributed by atoms with E-state index in [9.17, 15) is 4.79 Å². The van der Waals surface area contributed by atoms with E-state index >= 15 is 4.79 Å². The molecule has 4 heterocycles. The van der Waals surface area contributed by atoms with E-state index in [0.717, 1.165) is 35.2 Å². The number of benzene rings is 4. The Balaban J connectivity index is 1.43. The summed E-state index contributed by atoms with van der Waals surface area (Å²) in [6.45, 7) is 0.974. The maximum atomic E-state index is 15.5. The van der Waals surface area contributed by atoms with Crippen LogP contribution in [0.3, 0.4) is 0 Å². The van der Waals surface area contributed by atoms with E-state index in [0.29, 0.717) is 35.9 Å². The number of anilines is 1. The van der Waals surface area contributed by atoms with Crippen molar-refractivity contribution in [3.8, 4) is 17.2 Å². The SMILES string of the molecule is COc1cc([C@@H]2[C@H]3CCCN3[C@]3(C(=O)N(Cc4ccccc4)c4ccccc43)[C@]23N=C(c2ccccc2)OC3=O)cc(OC)c1OC. The predicted octanol–water partition coefficient (Wildman–Crippen LogP) is 5.46. The summed E-state index contributed by atoms with van der Waals surface area (Å²) >= 11 is 0. The third-order valence-electron chi connectivity index (χ3n) is 10.3. The number of cyclic esters (lactones) is 1. The minimum absolute atomic E-state index is 0.181. The number of aliphatic imine (C=N–C) groups is 1. The van der Waals surface area contributed by atoms with Crippen LogP contribution in [0.4, 0.5) is 5.69 Å². The number of methoxy groups -OCH3 is 3. The minimum atomic E-state index is -1.66. The molecule has 0 radical (unpaired) electrons. The Morgan fingerprint density at radius 2 is 1.51 bits per heavy atom. The van der Waals surface area contributed by atoms with Crippen molar-refractivity contribution >= 4 is 23.5 Å². The zero-order chi connectivity index (χ0) is 32.3. The van der Waals surface area contributed by atoms with Crippen LogP contribution in [0.1, 0.15) is 41.0 Å². The summed E-state index contributed by atoms with van der Waals surface area (Å²) in [7, 11) is 4.70. The van der Waals surface area contributed by atoms with Gasteiger partial charge in [0.25, 0.3) is 5.91 Å².